The van der Waals surface area contributed by atoms with E-state index in [4.69, 9.17) is 9.97 Å². The van der Waals surface area contributed by atoms with Crippen molar-refractivity contribution in [3.63, 3.8) is 0 Å². The molecule has 0 aliphatic carbocycles. The predicted octanol–water partition coefficient (Wildman–Crippen LogP) is 2.86. The van der Waals surface area contributed by atoms with E-state index in [1.54, 1.807) is 0 Å². The van der Waals surface area contributed by atoms with Crippen molar-refractivity contribution in [2.75, 3.05) is 6.54 Å². The van der Waals surface area contributed by atoms with Crippen molar-refractivity contribution in [3.05, 3.63) is 60.0 Å². The van der Waals surface area contributed by atoms with Crippen molar-refractivity contribution in [3.8, 4) is 0 Å². The van der Waals surface area contributed by atoms with Gasteiger partial charge in [-0.2, -0.15) is 0 Å². The van der Waals surface area contributed by atoms with E-state index in [0.717, 1.165) is 76.6 Å². The molecule has 1 atom stereocenters. The van der Waals surface area contributed by atoms with Crippen molar-refractivity contribution in [1.82, 2.24) is 30.2 Å². The minimum Gasteiger partial charge on any atom is -0.0622 e. The van der Waals surface area contributed by atoms with E-state index in [1.807, 2.05) is 48.7 Å². The first-order chi connectivity index (χ1) is 16.2. The van der Waals surface area contributed by atoms with E-state index in [1.165, 1.54) is 16.9 Å². The summed E-state index contributed by atoms with van der Waals surface area (Å²) < 4.78 is 3.34. The Morgan fingerprint density at radius 3 is 2.67 bits per heavy atom. The van der Waals surface area contributed by atoms with Gasteiger partial charge in [0.1, 0.15) is 0 Å². The van der Waals surface area contributed by atoms with Crippen LogP contribution >= 0.6 is 0 Å². The number of carbonyl (C=O) groups is 1. The maximum absolute atomic E-state index is 12.1. The molecule has 172 valence electrons. The van der Waals surface area contributed by atoms with Crippen LogP contribution in [-0.2, 0) is 19.5 Å². The number of amides is 2. The number of unbranched alkanes of at least 4 members (excludes halogenated alkanes) is 2. The Balaban J connectivity index is 1.39. The fourth-order valence-electron chi connectivity index (χ4n) is 3.97. The van der Waals surface area contributed by atoms with E-state index in [9.17, 15) is 4.79 Å². The van der Waals surface area contributed by atoms with Crippen molar-refractivity contribution in [1.29, 1.82) is 0 Å². The monoisotopic (exact) mass is 506 g/mol. The van der Waals surface area contributed by atoms with Crippen molar-refractivity contribution >= 4 is 49.4 Å². The molecule has 1 unspecified atom stereocenters. The molecule has 1 aromatic carbocycles. The number of fused-ring (bicyclic) bond motifs is 3. The second kappa shape index (κ2) is 11.3. The zero-order valence-corrected chi connectivity index (χ0v) is 21.5. The standard InChI is InChI=1S/C25H31AsN6O/c1-2-3-13-20-31-22-23(21-19(30-24(22)26)12-9-15-27-21)32(20)16-8-7-14-28-25(33)29-17-18-10-5-4-6-11-18/h4-6,9-12,15H,2-3,7-8,13-14,16-17,26H2,1H3,(H2,28,29,33). The molecule has 0 aliphatic rings. The van der Waals surface area contributed by atoms with Gasteiger partial charge in [0.05, 0.1) is 0 Å². The van der Waals surface area contributed by atoms with Gasteiger partial charge in [-0.1, -0.05) is 30.3 Å². The number of pyridine rings is 2. The summed E-state index contributed by atoms with van der Waals surface area (Å²) in [5, 5.41) is 5.87. The molecule has 0 radical (unpaired) electrons. The van der Waals surface area contributed by atoms with Gasteiger partial charge in [0.15, 0.2) is 0 Å². The Bertz CT molecular complexity index is 1220. The Labute approximate surface area is 202 Å². The van der Waals surface area contributed by atoms with Gasteiger partial charge in [-0.15, -0.1) is 0 Å². The molecule has 3 heterocycles. The summed E-state index contributed by atoms with van der Waals surface area (Å²) in [6.45, 7) is 4.23. The van der Waals surface area contributed by atoms with Gasteiger partial charge in [-0.05, 0) is 5.56 Å². The first kappa shape index (κ1) is 23.2. The van der Waals surface area contributed by atoms with Crippen LogP contribution in [0.25, 0.3) is 22.1 Å². The summed E-state index contributed by atoms with van der Waals surface area (Å²) in [7, 11) is 0. The number of benzene rings is 1. The number of hydrogen-bond acceptors (Lipinski definition) is 4. The molecule has 4 aromatic rings. The molecule has 7 nitrogen and oxygen atoms in total. The molecule has 0 saturated heterocycles. The van der Waals surface area contributed by atoms with Crippen LogP contribution in [0.1, 0.15) is 44.0 Å². The molecular formula is C25H31AsN6O. The third-order valence-electron chi connectivity index (χ3n) is 5.68. The number of carbonyl (C=O) groups excluding carboxylic acids is 1. The van der Waals surface area contributed by atoms with E-state index in [-0.39, 0.29) is 6.03 Å². The third-order valence-corrected chi connectivity index (χ3v) is 6.53. The molecule has 0 spiro atoms. The first-order valence-corrected chi connectivity index (χ1v) is 12.8. The zero-order valence-electron chi connectivity index (χ0n) is 19.1. The number of aryl methyl sites for hydroxylation is 2. The number of hydrogen-bond donors (Lipinski definition) is 2. The average molecular weight is 506 g/mol. The fourth-order valence-corrected chi connectivity index (χ4v) is 4.69. The molecular weight excluding hydrogens is 475 g/mol. The van der Waals surface area contributed by atoms with Crippen LogP contribution in [0.15, 0.2) is 48.7 Å². The van der Waals surface area contributed by atoms with Crippen molar-refractivity contribution in [2.24, 2.45) is 0 Å². The zero-order chi connectivity index (χ0) is 23.0. The maximum atomic E-state index is 12.1. The van der Waals surface area contributed by atoms with E-state index >= 15 is 0 Å². The summed E-state index contributed by atoms with van der Waals surface area (Å²) in [5.41, 5.74) is 5.00. The fraction of sp³-hybridized carbons (Fsp3) is 0.360. The SMILES string of the molecule is CCCCc1nc2c([AsH2])nc3cccnc3c2n1CCCCNC(=O)NCc1ccccc1. The van der Waals surface area contributed by atoms with Gasteiger partial charge in [0.25, 0.3) is 0 Å². The number of urea groups is 1. The Morgan fingerprint density at radius 2 is 1.85 bits per heavy atom. The summed E-state index contributed by atoms with van der Waals surface area (Å²) in [4.78, 5) is 26.4. The minimum atomic E-state index is -0.130. The third kappa shape index (κ3) is 5.72. The molecule has 0 fully saturated rings. The number of aromatic nitrogens is 4. The van der Waals surface area contributed by atoms with Gasteiger partial charge in [-0.25, -0.2) is 0 Å². The minimum absolute atomic E-state index is 0.130. The molecule has 4 rings (SSSR count). The Morgan fingerprint density at radius 1 is 1.00 bits per heavy atom. The number of imidazole rings is 1. The second-order valence-corrected chi connectivity index (χ2v) is 9.30. The van der Waals surface area contributed by atoms with Crippen LogP contribution in [0.3, 0.4) is 0 Å². The molecule has 0 aliphatic heterocycles. The van der Waals surface area contributed by atoms with E-state index in [2.05, 4.69) is 27.1 Å². The van der Waals surface area contributed by atoms with E-state index in [0.29, 0.717) is 13.1 Å². The summed E-state index contributed by atoms with van der Waals surface area (Å²) in [6.07, 6.45) is 6.85. The molecule has 2 N–H and O–H groups in total. The van der Waals surface area contributed by atoms with E-state index < -0.39 is 0 Å². The van der Waals surface area contributed by atoms with Crippen LogP contribution in [0.5, 0.6) is 0 Å². The summed E-state index contributed by atoms with van der Waals surface area (Å²) in [6, 6.07) is 13.7. The van der Waals surface area contributed by atoms with Crippen molar-refractivity contribution in [2.45, 2.75) is 52.1 Å². The van der Waals surface area contributed by atoms with Crippen LogP contribution < -0.4 is 15.1 Å². The number of rotatable bonds is 10. The van der Waals surface area contributed by atoms with Gasteiger partial charge in [0, 0.05) is 0 Å². The molecule has 3 aromatic heterocycles. The molecule has 0 saturated carbocycles. The van der Waals surface area contributed by atoms with Gasteiger partial charge in [-0.3, -0.25) is 0 Å². The normalized spacial score (nSPS) is 11.2. The Kier molecular flexibility index (Phi) is 7.95. The summed E-state index contributed by atoms with van der Waals surface area (Å²) in [5.74, 6) is 1.11. The van der Waals surface area contributed by atoms with Crippen molar-refractivity contribution < 1.29 is 4.79 Å². The topological polar surface area (TPSA) is 84.7 Å². The van der Waals surface area contributed by atoms with Crippen LogP contribution in [0.4, 0.5) is 4.79 Å². The molecule has 0 bridgehead atoms. The number of nitrogens with one attached hydrogen (secondary N) is 2. The van der Waals surface area contributed by atoms with Gasteiger partial charge >= 0.3 is 167 Å². The number of nitrogens with zero attached hydrogens (tertiary/aromatic N) is 4. The van der Waals surface area contributed by atoms with Crippen LogP contribution in [0, 0.1) is 0 Å². The predicted molar refractivity (Wildman–Crippen MR) is 136 cm³/mol. The van der Waals surface area contributed by atoms with Gasteiger partial charge in [0.2, 0.25) is 0 Å². The molecule has 2 amide bonds. The van der Waals surface area contributed by atoms with Crippen LogP contribution in [0.2, 0.25) is 0 Å². The average Bonchev–Trinajstić information content (AvgIpc) is 3.21. The van der Waals surface area contributed by atoms with Gasteiger partial charge < -0.3 is 0 Å². The smallest absolute Gasteiger partial charge is 0.0622 e. The summed E-state index contributed by atoms with van der Waals surface area (Å²) >= 11 is 1.49. The quantitative estimate of drug-likeness (QED) is 0.256. The second-order valence-electron chi connectivity index (χ2n) is 8.15. The van der Waals surface area contributed by atoms with Crippen LogP contribution in [-0.4, -0.2) is 48.9 Å². The molecule has 33 heavy (non-hydrogen) atoms. The Hall–Kier alpha value is -2.92. The first-order valence-electron chi connectivity index (χ1n) is 11.6. The molecule has 8 heteroatoms.